The molecule has 1 aromatic heterocycles. The third-order valence-corrected chi connectivity index (χ3v) is 4.06. The zero-order valence-electron chi connectivity index (χ0n) is 10.9. The number of hydrogen-bond acceptors (Lipinski definition) is 3. The first kappa shape index (κ1) is 13.8. The van der Waals surface area contributed by atoms with Crippen LogP contribution in [-0.2, 0) is 0 Å². The second-order valence-corrected chi connectivity index (χ2v) is 5.63. The van der Waals surface area contributed by atoms with Crippen LogP contribution in [0.2, 0.25) is 0 Å². The van der Waals surface area contributed by atoms with Crippen LogP contribution in [0.1, 0.15) is 10.4 Å². The first-order valence-corrected chi connectivity index (χ1v) is 7.37. The standard InChI is InChI=1S/C16H11IN2O2/c17-12-5-1-2-6-13(12)19-16(21)11-8-7-10-4-3-9-18-14(10)15(11)20/h1-9,20H,(H,19,21). The van der Waals surface area contributed by atoms with E-state index in [1.165, 1.54) is 0 Å². The molecule has 4 nitrogen and oxygen atoms in total. The van der Waals surface area contributed by atoms with E-state index in [4.69, 9.17) is 0 Å². The maximum atomic E-state index is 12.3. The van der Waals surface area contributed by atoms with Gasteiger partial charge in [-0.15, -0.1) is 0 Å². The molecule has 0 spiro atoms. The van der Waals surface area contributed by atoms with Crippen molar-refractivity contribution in [2.24, 2.45) is 0 Å². The van der Waals surface area contributed by atoms with Crippen LogP contribution >= 0.6 is 22.6 Å². The number of fused-ring (bicyclic) bond motifs is 1. The van der Waals surface area contributed by atoms with Gasteiger partial charge in [-0.3, -0.25) is 9.78 Å². The first-order valence-electron chi connectivity index (χ1n) is 6.29. The van der Waals surface area contributed by atoms with Crippen LogP contribution in [0, 0.1) is 3.57 Å². The molecule has 2 aromatic carbocycles. The number of nitrogens with one attached hydrogen (secondary N) is 1. The number of phenolic OH excluding ortho intramolecular Hbond substituents is 1. The molecule has 0 unspecified atom stereocenters. The summed E-state index contributed by atoms with van der Waals surface area (Å²) < 4.78 is 0.932. The minimum atomic E-state index is -0.357. The van der Waals surface area contributed by atoms with Gasteiger partial charge in [0.2, 0.25) is 0 Å². The number of aromatic hydroxyl groups is 1. The summed E-state index contributed by atoms with van der Waals surface area (Å²) >= 11 is 2.15. The van der Waals surface area contributed by atoms with Crippen molar-refractivity contribution in [1.82, 2.24) is 4.98 Å². The quantitative estimate of drug-likeness (QED) is 0.655. The van der Waals surface area contributed by atoms with Crippen LogP contribution in [0.25, 0.3) is 10.9 Å². The fraction of sp³-hybridized carbons (Fsp3) is 0. The molecule has 0 fully saturated rings. The van der Waals surface area contributed by atoms with Crippen LogP contribution in [0.5, 0.6) is 5.75 Å². The SMILES string of the molecule is O=C(Nc1ccccc1I)c1ccc2cccnc2c1O. The second-order valence-electron chi connectivity index (χ2n) is 4.47. The van der Waals surface area contributed by atoms with Crippen molar-refractivity contribution in [3.8, 4) is 5.75 Å². The number of rotatable bonds is 2. The number of amides is 1. The zero-order valence-corrected chi connectivity index (χ0v) is 13.0. The molecule has 1 heterocycles. The van der Waals surface area contributed by atoms with Gasteiger partial charge in [-0.25, -0.2) is 0 Å². The molecule has 21 heavy (non-hydrogen) atoms. The van der Waals surface area contributed by atoms with Gasteiger partial charge in [-0.05, 0) is 46.9 Å². The Morgan fingerprint density at radius 1 is 1.10 bits per heavy atom. The van der Waals surface area contributed by atoms with Crippen molar-refractivity contribution >= 4 is 45.1 Å². The summed E-state index contributed by atoms with van der Waals surface area (Å²) in [7, 11) is 0. The molecule has 2 N–H and O–H groups in total. The summed E-state index contributed by atoms with van der Waals surface area (Å²) in [6.45, 7) is 0. The Kier molecular flexibility index (Phi) is 3.74. The Bertz CT molecular complexity index is 833. The number of anilines is 1. The Morgan fingerprint density at radius 3 is 2.71 bits per heavy atom. The fourth-order valence-corrected chi connectivity index (χ4v) is 2.59. The Balaban J connectivity index is 1.99. The topological polar surface area (TPSA) is 62.2 Å². The number of phenols is 1. The number of nitrogens with zero attached hydrogens (tertiary/aromatic N) is 1. The molecule has 0 saturated heterocycles. The predicted molar refractivity (Wildman–Crippen MR) is 90.5 cm³/mol. The number of pyridine rings is 1. The summed E-state index contributed by atoms with van der Waals surface area (Å²) in [6.07, 6.45) is 1.59. The highest BCUT2D eigenvalue weighted by Crippen LogP contribution is 2.28. The number of halogens is 1. The van der Waals surface area contributed by atoms with Gasteiger partial charge >= 0.3 is 0 Å². The van der Waals surface area contributed by atoms with E-state index in [-0.39, 0.29) is 17.2 Å². The summed E-state index contributed by atoms with van der Waals surface area (Å²) in [6, 6.07) is 14.5. The predicted octanol–water partition coefficient (Wildman–Crippen LogP) is 3.80. The molecule has 5 heteroatoms. The van der Waals surface area contributed by atoms with Crippen molar-refractivity contribution in [2.45, 2.75) is 0 Å². The van der Waals surface area contributed by atoms with Crippen LogP contribution in [-0.4, -0.2) is 16.0 Å². The van der Waals surface area contributed by atoms with E-state index in [2.05, 4.69) is 32.9 Å². The average molecular weight is 390 g/mol. The Labute approximate surface area is 135 Å². The maximum Gasteiger partial charge on any atom is 0.259 e. The number of aromatic nitrogens is 1. The lowest BCUT2D eigenvalue weighted by atomic mass is 10.1. The molecule has 0 aliphatic rings. The van der Waals surface area contributed by atoms with Gasteiger partial charge < -0.3 is 10.4 Å². The van der Waals surface area contributed by atoms with Crippen molar-refractivity contribution < 1.29 is 9.90 Å². The van der Waals surface area contributed by atoms with Gasteiger partial charge in [0.1, 0.15) is 5.52 Å². The van der Waals surface area contributed by atoms with Crippen molar-refractivity contribution in [1.29, 1.82) is 0 Å². The smallest absolute Gasteiger partial charge is 0.259 e. The Morgan fingerprint density at radius 2 is 1.90 bits per heavy atom. The van der Waals surface area contributed by atoms with Gasteiger partial charge in [0.25, 0.3) is 5.91 Å². The van der Waals surface area contributed by atoms with Gasteiger partial charge in [-0.2, -0.15) is 0 Å². The highest BCUT2D eigenvalue weighted by molar-refractivity contribution is 14.1. The van der Waals surface area contributed by atoms with Crippen LogP contribution in [0.15, 0.2) is 54.7 Å². The number of carbonyl (C=O) groups excluding carboxylic acids is 1. The molecule has 0 bridgehead atoms. The molecular formula is C16H11IN2O2. The van der Waals surface area contributed by atoms with E-state index >= 15 is 0 Å². The first-order chi connectivity index (χ1) is 10.2. The van der Waals surface area contributed by atoms with Crippen LogP contribution in [0.4, 0.5) is 5.69 Å². The summed E-state index contributed by atoms with van der Waals surface area (Å²) in [4.78, 5) is 16.4. The van der Waals surface area contributed by atoms with Gasteiger partial charge in [-0.1, -0.05) is 24.3 Å². The number of para-hydroxylation sites is 1. The molecule has 104 valence electrons. The maximum absolute atomic E-state index is 12.3. The molecule has 3 rings (SSSR count). The normalized spacial score (nSPS) is 10.5. The Hall–Kier alpha value is -2.15. The second kappa shape index (κ2) is 5.69. The summed E-state index contributed by atoms with van der Waals surface area (Å²) in [5.74, 6) is -0.458. The molecule has 0 saturated carbocycles. The van der Waals surface area contributed by atoms with Gasteiger partial charge in [0.15, 0.2) is 5.75 Å². The van der Waals surface area contributed by atoms with Gasteiger partial charge in [0, 0.05) is 15.2 Å². The summed E-state index contributed by atoms with van der Waals surface area (Å²) in [5, 5.41) is 13.8. The molecule has 1 amide bonds. The van der Waals surface area contributed by atoms with E-state index in [9.17, 15) is 9.90 Å². The summed E-state index contributed by atoms with van der Waals surface area (Å²) in [5.41, 5.74) is 1.34. The van der Waals surface area contributed by atoms with E-state index in [0.717, 1.165) is 8.96 Å². The molecular weight excluding hydrogens is 379 g/mol. The van der Waals surface area contributed by atoms with E-state index in [1.807, 2.05) is 30.3 Å². The van der Waals surface area contributed by atoms with Gasteiger partial charge in [0.05, 0.1) is 11.3 Å². The fourth-order valence-electron chi connectivity index (χ4n) is 2.07. The molecule has 0 radical (unpaired) electrons. The van der Waals surface area contributed by atoms with Crippen molar-refractivity contribution in [2.75, 3.05) is 5.32 Å². The van der Waals surface area contributed by atoms with Crippen molar-refractivity contribution in [3.63, 3.8) is 0 Å². The molecule has 0 aliphatic heterocycles. The van der Waals surface area contributed by atoms with E-state index in [1.54, 1.807) is 24.4 Å². The van der Waals surface area contributed by atoms with Crippen molar-refractivity contribution in [3.05, 3.63) is 63.9 Å². The lowest BCUT2D eigenvalue weighted by molar-refractivity contribution is 0.102. The minimum Gasteiger partial charge on any atom is -0.505 e. The van der Waals surface area contributed by atoms with E-state index in [0.29, 0.717) is 11.2 Å². The highest BCUT2D eigenvalue weighted by Gasteiger charge is 2.15. The van der Waals surface area contributed by atoms with Crippen LogP contribution < -0.4 is 5.32 Å². The number of carbonyl (C=O) groups is 1. The highest BCUT2D eigenvalue weighted by atomic mass is 127. The van der Waals surface area contributed by atoms with E-state index < -0.39 is 0 Å². The lowest BCUT2D eigenvalue weighted by Crippen LogP contribution is -2.13. The number of benzene rings is 2. The number of hydrogen-bond donors (Lipinski definition) is 2. The largest absolute Gasteiger partial charge is 0.505 e. The third-order valence-electron chi connectivity index (χ3n) is 3.11. The molecule has 0 aliphatic carbocycles. The lowest BCUT2D eigenvalue weighted by Gasteiger charge is -2.09. The third kappa shape index (κ3) is 2.69. The van der Waals surface area contributed by atoms with Crippen LogP contribution in [0.3, 0.4) is 0 Å². The molecule has 3 aromatic rings. The average Bonchev–Trinajstić information content (AvgIpc) is 2.50. The minimum absolute atomic E-state index is 0.100. The monoisotopic (exact) mass is 390 g/mol. The zero-order chi connectivity index (χ0) is 14.8. The molecule has 0 atom stereocenters.